The molecule has 0 spiro atoms. The van der Waals surface area contributed by atoms with Gasteiger partial charge in [0, 0.05) is 44.3 Å². The van der Waals surface area contributed by atoms with Crippen LogP contribution in [0.3, 0.4) is 0 Å². The molecule has 11 heteroatoms. The molecular weight excluding hydrogens is 410 g/mol. The number of amides is 1. The van der Waals surface area contributed by atoms with Crippen LogP contribution in [0.25, 0.3) is 0 Å². The highest BCUT2D eigenvalue weighted by Crippen LogP contribution is 2.29. The van der Waals surface area contributed by atoms with Crippen LogP contribution < -0.4 is 0 Å². The van der Waals surface area contributed by atoms with Gasteiger partial charge in [-0.2, -0.15) is 13.1 Å². The summed E-state index contributed by atoms with van der Waals surface area (Å²) in [6, 6.07) is 6.23. The maximum atomic E-state index is 12.9. The number of carbonyl (C=O) groups excluding carboxylic acids is 1. The molecule has 0 unspecified atom stereocenters. The Labute approximate surface area is 166 Å². The van der Waals surface area contributed by atoms with Gasteiger partial charge < -0.3 is 9.47 Å². The Morgan fingerprint density at radius 3 is 2.61 bits per heavy atom. The first-order valence-electron chi connectivity index (χ1n) is 8.60. The maximum Gasteiger partial charge on any atom is 0.288 e. The van der Waals surface area contributed by atoms with Gasteiger partial charge in [0.1, 0.15) is 0 Å². The average Bonchev–Trinajstić information content (AvgIpc) is 2.94. The highest BCUT2D eigenvalue weighted by molar-refractivity contribution is 7.99. The predicted octanol–water partition coefficient (Wildman–Crippen LogP) is 2.27. The Morgan fingerprint density at radius 1 is 1.18 bits per heavy atom. The fourth-order valence-electron chi connectivity index (χ4n) is 3.00. The first-order chi connectivity index (χ1) is 13.3. The number of benzene rings is 1. The number of rotatable bonds is 5. The number of imidazole rings is 1. The number of aromatic nitrogens is 2. The highest BCUT2D eigenvalue weighted by atomic mass is 32.2. The second-order valence-electron chi connectivity index (χ2n) is 6.30. The number of thioether (sulfide) groups is 1. The average molecular weight is 431 g/mol. The van der Waals surface area contributed by atoms with Crippen molar-refractivity contribution in [1.82, 2.24) is 18.8 Å². The lowest BCUT2D eigenvalue weighted by atomic mass is 10.2. The summed E-state index contributed by atoms with van der Waals surface area (Å²) in [5.74, 6) is -3.00. The number of alkyl halides is 2. The highest BCUT2D eigenvalue weighted by Gasteiger charge is 2.30. The zero-order chi connectivity index (χ0) is 20.3. The minimum atomic E-state index is -3.74. The van der Waals surface area contributed by atoms with Crippen LogP contribution in [0.4, 0.5) is 8.78 Å². The molecule has 2 heterocycles. The molecule has 0 radical (unpaired) electrons. The van der Waals surface area contributed by atoms with Crippen molar-refractivity contribution in [3.63, 3.8) is 0 Å². The monoisotopic (exact) mass is 430 g/mol. The number of nitrogens with zero attached hydrogens (tertiary/aromatic N) is 4. The lowest BCUT2D eigenvalue weighted by Gasteiger charge is -2.22. The van der Waals surface area contributed by atoms with Crippen molar-refractivity contribution in [2.45, 2.75) is 22.1 Å². The molecule has 1 aromatic carbocycles. The van der Waals surface area contributed by atoms with E-state index in [-0.39, 0.29) is 41.0 Å². The van der Waals surface area contributed by atoms with E-state index in [1.165, 1.54) is 33.9 Å². The fraction of sp³-hybridized carbons (Fsp3) is 0.412. The van der Waals surface area contributed by atoms with E-state index in [1.54, 1.807) is 23.7 Å². The third-order valence-corrected chi connectivity index (χ3v) is 6.93. The molecule has 0 saturated carbocycles. The molecule has 152 valence electrons. The van der Waals surface area contributed by atoms with Crippen molar-refractivity contribution in [2.75, 3.05) is 26.2 Å². The SMILES string of the molecule is Cn1cnc(S(=O)(=O)N2CCCN(C(=O)c3ccccc3SC(F)F)CC2)c1. The molecule has 1 aromatic heterocycles. The molecular formula is C17H20F2N4O3S2. The van der Waals surface area contributed by atoms with E-state index in [9.17, 15) is 22.0 Å². The van der Waals surface area contributed by atoms with Crippen molar-refractivity contribution < 1.29 is 22.0 Å². The van der Waals surface area contributed by atoms with Gasteiger partial charge in [-0.3, -0.25) is 4.79 Å². The minimum Gasteiger partial charge on any atom is -0.339 e. The number of carbonyl (C=O) groups is 1. The number of hydrogen-bond acceptors (Lipinski definition) is 5. The van der Waals surface area contributed by atoms with Crippen LogP contribution in [0.5, 0.6) is 0 Å². The molecule has 2 aromatic rings. The Balaban J connectivity index is 1.75. The van der Waals surface area contributed by atoms with Gasteiger partial charge >= 0.3 is 0 Å². The molecule has 1 saturated heterocycles. The second-order valence-corrected chi connectivity index (χ2v) is 9.22. The van der Waals surface area contributed by atoms with Gasteiger partial charge in [-0.15, -0.1) is 0 Å². The standard InChI is InChI=1S/C17H20F2N4O3S2/c1-21-11-15(20-12-21)28(25,26)23-8-4-7-22(9-10-23)16(24)13-5-2-3-6-14(13)27-17(18)19/h2-3,5-6,11-12,17H,4,7-10H2,1H3. The lowest BCUT2D eigenvalue weighted by molar-refractivity contribution is 0.0760. The summed E-state index contributed by atoms with van der Waals surface area (Å²) in [6.45, 7) is 0.907. The smallest absolute Gasteiger partial charge is 0.288 e. The topological polar surface area (TPSA) is 75.5 Å². The van der Waals surface area contributed by atoms with Crippen LogP contribution in [-0.2, 0) is 17.1 Å². The zero-order valence-corrected chi connectivity index (χ0v) is 16.8. The molecule has 1 amide bonds. The van der Waals surface area contributed by atoms with Gasteiger partial charge in [0.05, 0.1) is 11.9 Å². The second kappa shape index (κ2) is 8.58. The van der Waals surface area contributed by atoms with E-state index in [1.807, 2.05) is 0 Å². The van der Waals surface area contributed by atoms with Crippen LogP contribution in [0.2, 0.25) is 0 Å². The van der Waals surface area contributed by atoms with E-state index < -0.39 is 15.8 Å². The molecule has 0 aliphatic carbocycles. The maximum absolute atomic E-state index is 12.9. The molecule has 1 fully saturated rings. The Kier molecular flexibility index (Phi) is 6.36. The van der Waals surface area contributed by atoms with Gasteiger partial charge in [0.25, 0.3) is 21.7 Å². The summed E-state index contributed by atoms with van der Waals surface area (Å²) < 4.78 is 53.9. The first-order valence-corrected chi connectivity index (χ1v) is 10.9. The van der Waals surface area contributed by atoms with Crippen LogP contribution >= 0.6 is 11.8 Å². The summed E-state index contributed by atoms with van der Waals surface area (Å²) in [5.41, 5.74) is 0.203. The Hall–Kier alpha value is -1.98. The van der Waals surface area contributed by atoms with E-state index in [4.69, 9.17) is 0 Å². The molecule has 1 aliphatic rings. The zero-order valence-electron chi connectivity index (χ0n) is 15.2. The van der Waals surface area contributed by atoms with E-state index in [0.717, 1.165) is 0 Å². The number of hydrogen-bond donors (Lipinski definition) is 0. The molecule has 3 rings (SSSR count). The number of sulfonamides is 1. The van der Waals surface area contributed by atoms with Gasteiger partial charge in [-0.05, 0) is 18.6 Å². The van der Waals surface area contributed by atoms with E-state index in [2.05, 4.69) is 4.98 Å². The lowest BCUT2D eigenvalue weighted by Crippen LogP contribution is -2.37. The van der Waals surface area contributed by atoms with Crippen LogP contribution in [0.1, 0.15) is 16.8 Å². The molecule has 0 atom stereocenters. The molecule has 28 heavy (non-hydrogen) atoms. The van der Waals surface area contributed by atoms with E-state index in [0.29, 0.717) is 24.7 Å². The minimum absolute atomic E-state index is 0.0338. The van der Waals surface area contributed by atoms with Gasteiger partial charge in [0.2, 0.25) is 0 Å². The third kappa shape index (κ3) is 4.53. The largest absolute Gasteiger partial charge is 0.339 e. The van der Waals surface area contributed by atoms with Gasteiger partial charge in [0.15, 0.2) is 5.03 Å². The Bertz CT molecular complexity index is 949. The quantitative estimate of drug-likeness (QED) is 0.681. The van der Waals surface area contributed by atoms with Crippen LogP contribution in [0.15, 0.2) is 46.7 Å². The molecule has 1 aliphatic heterocycles. The summed E-state index contributed by atoms with van der Waals surface area (Å²) in [5, 5.41) is -0.0338. The summed E-state index contributed by atoms with van der Waals surface area (Å²) in [7, 11) is -2.06. The van der Waals surface area contributed by atoms with Crippen molar-refractivity contribution >= 4 is 27.7 Å². The molecule has 0 bridgehead atoms. The van der Waals surface area contributed by atoms with Crippen molar-refractivity contribution in [3.05, 3.63) is 42.4 Å². The third-order valence-electron chi connectivity index (χ3n) is 4.36. The molecule has 0 N–H and O–H groups in total. The number of halogens is 2. The summed E-state index contributed by atoms with van der Waals surface area (Å²) in [4.78, 5) is 18.5. The van der Waals surface area contributed by atoms with Gasteiger partial charge in [-0.25, -0.2) is 13.4 Å². The van der Waals surface area contributed by atoms with Crippen LogP contribution in [-0.4, -0.2) is 65.0 Å². The normalized spacial score (nSPS) is 16.4. The van der Waals surface area contributed by atoms with Crippen molar-refractivity contribution in [2.24, 2.45) is 7.05 Å². The fourth-order valence-corrected chi connectivity index (χ4v) is 5.07. The first kappa shape index (κ1) is 20.7. The van der Waals surface area contributed by atoms with Crippen molar-refractivity contribution in [1.29, 1.82) is 0 Å². The summed E-state index contributed by atoms with van der Waals surface area (Å²) in [6.07, 6.45) is 3.29. The predicted molar refractivity (Wildman–Crippen MR) is 101 cm³/mol. The summed E-state index contributed by atoms with van der Waals surface area (Å²) >= 11 is 0.329. The van der Waals surface area contributed by atoms with Gasteiger partial charge in [-0.1, -0.05) is 23.9 Å². The molecule has 7 nitrogen and oxygen atoms in total. The Morgan fingerprint density at radius 2 is 1.93 bits per heavy atom. The number of aryl methyl sites for hydroxylation is 1. The van der Waals surface area contributed by atoms with Crippen molar-refractivity contribution in [3.8, 4) is 0 Å². The van der Waals surface area contributed by atoms with E-state index >= 15 is 0 Å². The van der Waals surface area contributed by atoms with Crippen LogP contribution in [0, 0.1) is 0 Å².